The van der Waals surface area contributed by atoms with Crippen molar-refractivity contribution in [1.29, 1.82) is 0 Å². The fourth-order valence-electron chi connectivity index (χ4n) is 1.37. The molecule has 0 atom stereocenters. The van der Waals surface area contributed by atoms with Gasteiger partial charge in [-0.3, -0.25) is 0 Å². The van der Waals surface area contributed by atoms with Crippen molar-refractivity contribution in [3.8, 4) is 5.75 Å². The van der Waals surface area contributed by atoms with Crippen LogP contribution in [0.25, 0.3) is 0 Å². The van der Waals surface area contributed by atoms with Gasteiger partial charge in [-0.15, -0.1) is 0 Å². The van der Waals surface area contributed by atoms with Crippen LogP contribution in [-0.2, 0) is 6.54 Å². The van der Waals surface area contributed by atoms with Gasteiger partial charge < -0.3 is 10.1 Å². The Morgan fingerprint density at radius 2 is 2.06 bits per heavy atom. The fourth-order valence-corrected chi connectivity index (χ4v) is 1.57. The highest BCUT2D eigenvalue weighted by Crippen LogP contribution is 2.13. The van der Waals surface area contributed by atoms with Crippen molar-refractivity contribution in [2.45, 2.75) is 6.54 Å². The Morgan fingerprint density at radius 3 is 2.76 bits per heavy atom. The summed E-state index contributed by atoms with van der Waals surface area (Å²) >= 11 is 3.29. The zero-order valence-corrected chi connectivity index (χ0v) is 10.9. The van der Waals surface area contributed by atoms with E-state index in [1.54, 1.807) is 19.5 Å². The average Bonchev–Trinajstić information content (AvgIpc) is 2.38. The number of hydrogen-bond acceptors (Lipinski definition) is 4. The minimum absolute atomic E-state index is 0.607. The van der Waals surface area contributed by atoms with Crippen LogP contribution < -0.4 is 10.1 Å². The number of halogens is 1. The predicted molar refractivity (Wildman–Crippen MR) is 70.1 cm³/mol. The Balaban J connectivity index is 1.99. The number of aromatic nitrogens is 2. The highest BCUT2D eigenvalue weighted by atomic mass is 79.9. The van der Waals surface area contributed by atoms with Crippen molar-refractivity contribution in [3.63, 3.8) is 0 Å². The number of ether oxygens (including phenoxy) is 1. The highest BCUT2D eigenvalue weighted by Gasteiger charge is 1.98. The lowest BCUT2D eigenvalue weighted by Crippen LogP contribution is -2.03. The number of anilines is 1. The van der Waals surface area contributed by atoms with Crippen LogP contribution in [0.2, 0.25) is 0 Å². The minimum Gasteiger partial charge on any atom is -0.497 e. The first-order chi connectivity index (χ1) is 8.28. The molecule has 0 spiro atoms. The van der Waals surface area contributed by atoms with Gasteiger partial charge >= 0.3 is 0 Å². The Labute approximate surface area is 108 Å². The van der Waals surface area contributed by atoms with E-state index in [1.807, 2.05) is 24.3 Å². The molecule has 0 fully saturated rings. The predicted octanol–water partition coefficient (Wildman–Crippen LogP) is 2.86. The standard InChI is InChI=1S/C12H12BrN3O/c1-17-11-4-2-3-9(5-11)6-14-12-15-7-10(13)8-16-12/h2-5,7-8H,6H2,1H3,(H,14,15,16). The van der Waals surface area contributed by atoms with Crippen LogP contribution in [0, 0.1) is 0 Å². The number of hydrogen-bond donors (Lipinski definition) is 1. The molecular formula is C12H12BrN3O. The maximum Gasteiger partial charge on any atom is 0.222 e. The largest absolute Gasteiger partial charge is 0.497 e. The zero-order chi connectivity index (χ0) is 12.1. The molecule has 0 bridgehead atoms. The van der Waals surface area contributed by atoms with Gasteiger partial charge in [0.25, 0.3) is 0 Å². The Morgan fingerprint density at radius 1 is 1.29 bits per heavy atom. The molecule has 0 saturated carbocycles. The highest BCUT2D eigenvalue weighted by molar-refractivity contribution is 9.10. The van der Waals surface area contributed by atoms with Gasteiger partial charge in [0, 0.05) is 18.9 Å². The van der Waals surface area contributed by atoms with E-state index in [0.29, 0.717) is 12.5 Å². The second-order valence-corrected chi connectivity index (χ2v) is 4.35. The summed E-state index contributed by atoms with van der Waals surface area (Å²) in [4.78, 5) is 8.27. The summed E-state index contributed by atoms with van der Waals surface area (Å²) in [5.74, 6) is 1.46. The molecule has 0 aliphatic heterocycles. The lowest BCUT2D eigenvalue weighted by molar-refractivity contribution is 0.414. The number of nitrogens with zero attached hydrogens (tertiary/aromatic N) is 2. The van der Waals surface area contributed by atoms with Crippen molar-refractivity contribution in [2.24, 2.45) is 0 Å². The summed E-state index contributed by atoms with van der Waals surface area (Å²) in [5, 5.41) is 3.14. The molecule has 2 rings (SSSR count). The molecule has 2 aromatic rings. The first kappa shape index (κ1) is 11.9. The molecule has 1 aromatic carbocycles. The first-order valence-corrected chi connectivity index (χ1v) is 5.91. The summed E-state index contributed by atoms with van der Waals surface area (Å²) < 4.78 is 6.02. The van der Waals surface area contributed by atoms with E-state index in [9.17, 15) is 0 Å². The van der Waals surface area contributed by atoms with Crippen LogP contribution in [0.4, 0.5) is 5.95 Å². The van der Waals surface area contributed by atoms with Gasteiger partial charge in [0.2, 0.25) is 5.95 Å². The van der Waals surface area contributed by atoms with Gasteiger partial charge in [-0.05, 0) is 33.6 Å². The smallest absolute Gasteiger partial charge is 0.222 e. The molecule has 1 heterocycles. The van der Waals surface area contributed by atoms with Crippen molar-refractivity contribution in [3.05, 3.63) is 46.7 Å². The quantitative estimate of drug-likeness (QED) is 0.942. The van der Waals surface area contributed by atoms with E-state index in [1.165, 1.54) is 0 Å². The van der Waals surface area contributed by atoms with Gasteiger partial charge in [0.15, 0.2) is 0 Å². The number of nitrogens with one attached hydrogen (secondary N) is 1. The molecule has 1 aromatic heterocycles. The molecule has 0 saturated heterocycles. The molecule has 1 N–H and O–H groups in total. The molecule has 0 radical (unpaired) electrons. The molecule has 0 aliphatic carbocycles. The summed E-state index contributed by atoms with van der Waals surface area (Å²) in [7, 11) is 1.66. The molecule has 4 nitrogen and oxygen atoms in total. The van der Waals surface area contributed by atoms with Crippen LogP contribution in [0.15, 0.2) is 41.1 Å². The monoisotopic (exact) mass is 293 g/mol. The lowest BCUT2D eigenvalue weighted by atomic mass is 10.2. The summed E-state index contributed by atoms with van der Waals surface area (Å²) in [6.07, 6.45) is 3.42. The van der Waals surface area contributed by atoms with Crippen LogP contribution >= 0.6 is 15.9 Å². The van der Waals surface area contributed by atoms with Crippen molar-refractivity contribution in [1.82, 2.24) is 9.97 Å². The summed E-state index contributed by atoms with van der Waals surface area (Å²) in [6, 6.07) is 7.87. The van der Waals surface area contributed by atoms with Crippen LogP contribution in [-0.4, -0.2) is 17.1 Å². The molecule has 17 heavy (non-hydrogen) atoms. The van der Waals surface area contributed by atoms with Crippen LogP contribution in [0.1, 0.15) is 5.56 Å². The van der Waals surface area contributed by atoms with E-state index < -0.39 is 0 Å². The lowest BCUT2D eigenvalue weighted by Gasteiger charge is -2.06. The minimum atomic E-state index is 0.607. The third-order valence-corrected chi connectivity index (χ3v) is 2.61. The number of methoxy groups -OCH3 is 1. The topological polar surface area (TPSA) is 47.0 Å². The third-order valence-electron chi connectivity index (χ3n) is 2.21. The normalized spacial score (nSPS) is 10.0. The molecular weight excluding hydrogens is 282 g/mol. The Hall–Kier alpha value is -1.62. The van der Waals surface area contributed by atoms with Gasteiger partial charge in [-0.25, -0.2) is 9.97 Å². The van der Waals surface area contributed by atoms with Gasteiger partial charge in [0.1, 0.15) is 5.75 Å². The Bertz CT molecular complexity index is 487. The van der Waals surface area contributed by atoms with Gasteiger partial charge in [0.05, 0.1) is 11.6 Å². The van der Waals surface area contributed by atoms with Crippen molar-refractivity contribution >= 4 is 21.9 Å². The van der Waals surface area contributed by atoms with Crippen molar-refractivity contribution in [2.75, 3.05) is 12.4 Å². The molecule has 0 amide bonds. The summed E-state index contributed by atoms with van der Waals surface area (Å²) in [6.45, 7) is 0.666. The van der Waals surface area contributed by atoms with E-state index in [2.05, 4.69) is 31.2 Å². The number of rotatable bonds is 4. The van der Waals surface area contributed by atoms with E-state index in [0.717, 1.165) is 15.8 Å². The summed E-state index contributed by atoms with van der Waals surface area (Å²) in [5.41, 5.74) is 1.12. The van der Waals surface area contributed by atoms with Gasteiger partial charge in [-0.2, -0.15) is 0 Å². The SMILES string of the molecule is COc1cccc(CNc2ncc(Br)cn2)c1. The first-order valence-electron chi connectivity index (χ1n) is 5.12. The molecule has 0 aliphatic rings. The second-order valence-electron chi connectivity index (χ2n) is 3.43. The van der Waals surface area contributed by atoms with Crippen LogP contribution in [0.3, 0.4) is 0 Å². The zero-order valence-electron chi connectivity index (χ0n) is 9.35. The van der Waals surface area contributed by atoms with E-state index in [4.69, 9.17) is 4.74 Å². The third kappa shape index (κ3) is 3.42. The second kappa shape index (κ2) is 5.63. The van der Waals surface area contributed by atoms with Crippen molar-refractivity contribution < 1.29 is 4.74 Å². The Kier molecular flexibility index (Phi) is 3.93. The fraction of sp³-hybridized carbons (Fsp3) is 0.167. The van der Waals surface area contributed by atoms with Crippen LogP contribution in [0.5, 0.6) is 5.75 Å². The number of benzene rings is 1. The molecule has 88 valence electrons. The molecule has 5 heteroatoms. The van der Waals surface area contributed by atoms with Gasteiger partial charge in [-0.1, -0.05) is 12.1 Å². The van der Waals surface area contributed by atoms with E-state index >= 15 is 0 Å². The maximum absolute atomic E-state index is 5.16. The maximum atomic E-state index is 5.16. The molecule has 0 unspecified atom stereocenters. The average molecular weight is 294 g/mol. The van der Waals surface area contributed by atoms with E-state index in [-0.39, 0.29) is 0 Å².